The van der Waals surface area contributed by atoms with Crippen molar-refractivity contribution in [2.24, 2.45) is 0 Å². The summed E-state index contributed by atoms with van der Waals surface area (Å²) in [6, 6.07) is 1.29. The third-order valence-corrected chi connectivity index (χ3v) is 5.17. The summed E-state index contributed by atoms with van der Waals surface area (Å²) < 4.78 is 2.51. The number of hydrogen-bond acceptors (Lipinski definition) is 3. The molecule has 0 bridgehead atoms. The van der Waals surface area contributed by atoms with Crippen LogP contribution in [0.4, 0.5) is 5.95 Å². The van der Waals surface area contributed by atoms with Crippen LogP contribution in [0.2, 0.25) is 0 Å². The molecule has 1 saturated heterocycles. The van der Waals surface area contributed by atoms with E-state index in [-0.39, 0.29) is 0 Å². The van der Waals surface area contributed by atoms with E-state index in [1.165, 1.54) is 63.1 Å². The predicted molar refractivity (Wildman–Crippen MR) is 88.0 cm³/mol. The molecule has 21 heavy (non-hydrogen) atoms. The number of imidazole rings is 1. The lowest BCUT2D eigenvalue weighted by Crippen LogP contribution is -2.46. The first-order valence-corrected chi connectivity index (χ1v) is 8.82. The van der Waals surface area contributed by atoms with Gasteiger partial charge in [-0.15, -0.1) is 0 Å². The summed E-state index contributed by atoms with van der Waals surface area (Å²) in [5.74, 6) is 1.25. The first-order valence-electron chi connectivity index (χ1n) is 8.82. The molecule has 1 aliphatic heterocycles. The molecule has 4 nitrogen and oxygen atoms in total. The van der Waals surface area contributed by atoms with Gasteiger partial charge in [0, 0.05) is 31.4 Å². The molecule has 1 aliphatic carbocycles. The van der Waals surface area contributed by atoms with Crippen LogP contribution in [0.15, 0.2) is 6.20 Å². The maximum atomic E-state index is 4.99. The van der Waals surface area contributed by atoms with Crippen LogP contribution in [0.5, 0.6) is 0 Å². The lowest BCUT2D eigenvalue weighted by atomic mass is 10.0. The van der Waals surface area contributed by atoms with E-state index in [0.717, 1.165) is 13.0 Å². The third-order valence-electron chi connectivity index (χ3n) is 5.17. The highest BCUT2D eigenvalue weighted by molar-refractivity contribution is 5.37. The molecule has 0 aromatic carbocycles. The molecule has 1 N–H and O–H groups in total. The lowest BCUT2D eigenvalue weighted by molar-refractivity contribution is 0.423. The number of likely N-dealkylation sites (N-methyl/N-ethyl adjacent to an activating group) is 1. The highest BCUT2D eigenvalue weighted by atomic mass is 15.3. The Morgan fingerprint density at radius 3 is 2.67 bits per heavy atom. The topological polar surface area (TPSA) is 33.1 Å². The van der Waals surface area contributed by atoms with Crippen molar-refractivity contribution in [3.8, 4) is 0 Å². The Bertz CT molecular complexity index is 446. The second-order valence-electron chi connectivity index (χ2n) is 6.63. The number of aryl methyl sites for hydroxylation is 1. The fourth-order valence-electron chi connectivity index (χ4n) is 3.98. The Morgan fingerprint density at radius 2 is 1.95 bits per heavy atom. The van der Waals surface area contributed by atoms with Crippen molar-refractivity contribution in [1.82, 2.24) is 14.9 Å². The second-order valence-corrected chi connectivity index (χ2v) is 6.63. The average molecular weight is 290 g/mol. The van der Waals surface area contributed by atoms with Gasteiger partial charge in [0.2, 0.25) is 5.95 Å². The highest BCUT2D eigenvalue weighted by Crippen LogP contribution is 2.35. The van der Waals surface area contributed by atoms with Crippen LogP contribution in [0, 0.1) is 0 Å². The zero-order chi connectivity index (χ0) is 14.7. The maximum Gasteiger partial charge on any atom is 0.206 e. The number of anilines is 1. The van der Waals surface area contributed by atoms with Crippen molar-refractivity contribution in [2.45, 2.75) is 70.4 Å². The zero-order valence-electron chi connectivity index (χ0n) is 13.6. The van der Waals surface area contributed by atoms with Gasteiger partial charge < -0.3 is 14.8 Å². The molecule has 2 aliphatic rings. The van der Waals surface area contributed by atoms with Gasteiger partial charge in [-0.2, -0.15) is 0 Å². The fourth-order valence-corrected chi connectivity index (χ4v) is 3.98. The number of nitrogens with zero attached hydrogens (tertiary/aromatic N) is 3. The van der Waals surface area contributed by atoms with Gasteiger partial charge in [0.05, 0.1) is 5.69 Å². The van der Waals surface area contributed by atoms with Crippen LogP contribution < -0.4 is 10.2 Å². The molecule has 0 amide bonds. The molecule has 1 aromatic heterocycles. The maximum absolute atomic E-state index is 4.99. The van der Waals surface area contributed by atoms with E-state index < -0.39 is 0 Å². The van der Waals surface area contributed by atoms with Gasteiger partial charge in [0.1, 0.15) is 0 Å². The van der Waals surface area contributed by atoms with Crippen LogP contribution in [0.25, 0.3) is 0 Å². The molecule has 1 aromatic rings. The van der Waals surface area contributed by atoms with E-state index >= 15 is 0 Å². The minimum absolute atomic E-state index is 0.607. The average Bonchev–Trinajstić information content (AvgIpc) is 3.17. The standard InChI is InChI=1S/C17H30N4/c1-3-14-13-21(15-8-4-5-9-15)17(19-14)20-11-7-6-10-16(20)12-18-2/h13,15-16,18H,3-12H2,1-2H3. The molecule has 2 heterocycles. The summed E-state index contributed by atoms with van der Waals surface area (Å²) in [5.41, 5.74) is 1.26. The minimum Gasteiger partial charge on any atom is -0.338 e. The summed E-state index contributed by atoms with van der Waals surface area (Å²) in [6.45, 7) is 4.45. The van der Waals surface area contributed by atoms with Crippen LogP contribution >= 0.6 is 0 Å². The summed E-state index contributed by atoms with van der Waals surface area (Å²) in [7, 11) is 2.06. The van der Waals surface area contributed by atoms with Crippen molar-refractivity contribution in [3.63, 3.8) is 0 Å². The first kappa shape index (κ1) is 14.9. The monoisotopic (exact) mass is 290 g/mol. The normalized spacial score (nSPS) is 23.9. The summed E-state index contributed by atoms with van der Waals surface area (Å²) in [4.78, 5) is 7.57. The van der Waals surface area contributed by atoms with Gasteiger partial charge in [0.25, 0.3) is 0 Å². The summed E-state index contributed by atoms with van der Waals surface area (Å²) in [6.07, 6.45) is 12.7. The Kier molecular flexibility index (Phi) is 4.84. The molecule has 118 valence electrons. The summed E-state index contributed by atoms with van der Waals surface area (Å²) in [5, 5.41) is 3.37. The molecular formula is C17H30N4. The fraction of sp³-hybridized carbons (Fsp3) is 0.824. The van der Waals surface area contributed by atoms with Crippen LogP contribution in [0.1, 0.15) is 63.6 Å². The van der Waals surface area contributed by atoms with Crippen molar-refractivity contribution in [2.75, 3.05) is 25.0 Å². The third kappa shape index (κ3) is 3.10. The van der Waals surface area contributed by atoms with Gasteiger partial charge in [-0.3, -0.25) is 0 Å². The molecule has 0 spiro atoms. The van der Waals surface area contributed by atoms with Gasteiger partial charge in [-0.25, -0.2) is 4.98 Å². The van der Waals surface area contributed by atoms with Gasteiger partial charge in [-0.1, -0.05) is 19.8 Å². The van der Waals surface area contributed by atoms with Gasteiger partial charge in [0.15, 0.2) is 0 Å². The number of piperidine rings is 1. The van der Waals surface area contributed by atoms with E-state index in [9.17, 15) is 0 Å². The molecular weight excluding hydrogens is 260 g/mol. The second kappa shape index (κ2) is 6.82. The van der Waals surface area contributed by atoms with Crippen molar-refractivity contribution in [1.29, 1.82) is 0 Å². The molecule has 1 atom stereocenters. The van der Waals surface area contributed by atoms with Gasteiger partial charge in [-0.05, 0) is 45.6 Å². The van der Waals surface area contributed by atoms with Crippen molar-refractivity contribution >= 4 is 5.95 Å². The van der Waals surface area contributed by atoms with Gasteiger partial charge >= 0.3 is 0 Å². The lowest BCUT2D eigenvalue weighted by Gasteiger charge is -2.37. The smallest absolute Gasteiger partial charge is 0.206 e. The molecule has 4 heteroatoms. The Labute approximate surface area is 128 Å². The number of nitrogens with one attached hydrogen (secondary N) is 1. The Balaban J connectivity index is 1.89. The predicted octanol–water partition coefficient (Wildman–Crippen LogP) is 3.14. The Hall–Kier alpha value is -1.03. The molecule has 1 unspecified atom stereocenters. The number of hydrogen-bond donors (Lipinski definition) is 1. The van der Waals surface area contributed by atoms with Crippen LogP contribution in [-0.4, -0.2) is 35.7 Å². The largest absolute Gasteiger partial charge is 0.338 e. The number of rotatable bonds is 5. The minimum atomic E-state index is 0.607. The van der Waals surface area contributed by atoms with E-state index in [1.54, 1.807) is 0 Å². The number of aromatic nitrogens is 2. The zero-order valence-corrected chi connectivity index (χ0v) is 13.6. The summed E-state index contributed by atoms with van der Waals surface area (Å²) >= 11 is 0. The molecule has 0 radical (unpaired) electrons. The van der Waals surface area contributed by atoms with Crippen LogP contribution in [-0.2, 0) is 6.42 Å². The first-order chi connectivity index (χ1) is 10.3. The van der Waals surface area contributed by atoms with Crippen LogP contribution in [0.3, 0.4) is 0 Å². The SMILES string of the molecule is CCc1cn(C2CCCC2)c(N2CCCCC2CNC)n1. The van der Waals surface area contributed by atoms with E-state index in [4.69, 9.17) is 4.98 Å². The molecule has 3 rings (SSSR count). The molecule has 2 fully saturated rings. The van der Waals surface area contributed by atoms with E-state index in [1.807, 2.05) is 0 Å². The quantitative estimate of drug-likeness (QED) is 0.904. The Morgan fingerprint density at radius 1 is 1.19 bits per heavy atom. The van der Waals surface area contributed by atoms with Crippen molar-refractivity contribution < 1.29 is 0 Å². The van der Waals surface area contributed by atoms with E-state index in [0.29, 0.717) is 12.1 Å². The van der Waals surface area contributed by atoms with Crippen molar-refractivity contribution in [3.05, 3.63) is 11.9 Å². The van der Waals surface area contributed by atoms with E-state index in [2.05, 4.69) is 35.0 Å². The highest BCUT2D eigenvalue weighted by Gasteiger charge is 2.29. The molecule has 1 saturated carbocycles.